The molecule has 0 fully saturated rings. The van der Waals surface area contributed by atoms with Crippen molar-refractivity contribution < 1.29 is 22.7 Å². The van der Waals surface area contributed by atoms with Crippen molar-refractivity contribution in [3.8, 4) is 11.5 Å². The number of amides is 1. The molecule has 0 radical (unpaired) electrons. The van der Waals surface area contributed by atoms with Crippen LogP contribution in [0.1, 0.15) is 49.5 Å². The van der Waals surface area contributed by atoms with Crippen LogP contribution in [-0.4, -0.2) is 39.3 Å². The third-order valence-electron chi connectivity index (χ3n) is 5.09. The van der Waals surface area contributed by atoms with E-state index in [4.69, 9.17) is 9.47 Å². The number of anilines is 1. The molecule has 0 bridgehead atoms. The van der Waals surface area contributed by atoms with E-state index in [9.17, 15) is 13.2 Å². The first-order valence-electron chi connectivity index (χ1n) is 10.5. The molecule has 0 saturated carbocycles. The minimum atomic E-state index is -3.34. The van der Waals surface area contributed by atoms with Gasteiger partial charge in [-0.15, -0.1) is 0 Å². The fourth-order valence-electron chi connectivity index (χ4n) is 3.52. The van der Waals surface area contributed by atoms with E-state index < -0.39 is 15.9 Å². The van der Waals surface area contributed by atoms with E-state index in [1.54, 1.807) is 24.3 Å². The molecule has 0 aliphatic carbocycles. The summed E-state index contributed by atoms with van der Waals surface area (Å²) in [5.41, 5.74) is 2.19. The third-order valence-corrected chi connectivity index (χ3v) is 6.47. The van der Waals surface area contributed by atoms with Crippen LogP contribution in [0.3, 0.4) is 0 Å². The summed E-state index contributed by atoms with van der Waals surface area (Å²) in [5, 5.41) is 1.18. The van der Waals surface area contributed by atoms with Gasteiger partial charge in [-0.05, 0) is 61.7 Å². The van der Waals surface area contributed by atoms with Crippen molar-refractivity contribution in [1.29, 1.82) is 0 Å². The first-order chi connectivity index (χ1) is 14.8. The normalized spacial score (nSPS) is 17.0. The van der Waals surface area contributed by atoms with Gasteiger partial charge < -0.3 is 14.4 Å². The van der Waals surface area contributed by atoms with Crippen LogP contribution < -0.4 is 14.4 Å². The quantitative estimate of drug-likeness (QED) is 0.598. The fourth-order valence-corrected chi connectivity index (χ4v) is 4.79. The molecule has 6 nitrogen and oxygen atoms in total. The largest absolute Gasteiger partial charge is 0.490 e. The number of nitrogens with zero attached hydrogens (tertiary/aromatic N) is 1. The van der Waals surface area contributed by atoms with Crippen LogP contribution in [0.25, 0.3) is 0 Å². The number of benzene rings is 2. The molecule has 0 spiro atoms. The smallest absolute Gasteiger partial charge is 0.258 e. The molecule has 1 heterocycles. The van der Waals surface area contributed by atoms with Gasteiger partial charge in [0.25, 0.3) is 5.91 Å². The zero-order valence-corrected chi connectivity index (χ0v) is 19.2. The van der Waals surface area contributed by atoms with E-state index in [-0.39, 0.29) is 11.7 Å². The molecule has 31 heavy (non-hydrogen) atoms. The van der Waals surface area contributed by atoms with Crippen molar-refractivity contribution in [3.63, 3.8) is 0 Å². The van der Waals surface area contributed by atoms with Crippen LogP contribution in [0, 0.1) is 0 Å². The molecular formula is C24H29NO5S. The van der Waals surface area contributed by atoms with Gasteiger partial charge in [-0.25, -0.2) is 8.42 Å². The number of sulfone groups is 1. The Morgan fingerprint density at radius 3 is 2.23 bits per heavy atom. The molecule has 0 unspecified atom stereocenters. The molecule has 1 atom stereocenters. The highest BCUT2D eigenvalue weighted by Crippen LogP contribution is 2.31. The lowest BCUT2D eigenvalue weighted by molar-refractivity contribution is 0.0982. The Hall–Kier alpha value is -2.80. The molecule has 1 aliphatic heterocycles. The minimum Gasteiger partial charge on any atom is -0.490 e. The van der Waals surface area contributed by atoms with Gasteiger partial charge in [0.15, 0.2) is 21.3 Å². The van der Waals surface area contributed by atoms with Crippen LogP contribution in [0.4, 0.5) is 5.69 Å². The molecular weight excluding hydrogens is 414 g/mol. The molecule has 1 amide bonds. The second kappa shape index (κ2) is 9.56. The Morgan fingerprint density at radius 2 is 1.68 bits per heavy atom. The van der Waals surface area contributed by atoms with E-state index in [2.05, 4.69) is 13.8 Å². The summed E-state index contributed by atoms with van der Waals surface area (Å²) in [7, 11) is -3.34. The van der Waals surface area contributed by atoms with Gasteiger partial charge in [0, 0.05) is 16.7 Å². The average Bonchev–Trinajstić information content (AvgIpc) is 3.09. The highest BCUT2D eigenvalue weighted by molar-refractivity contribution is 7.94. The van der Waals surface area contributed by atoms with Crippen molar-refractivity contribution in [2.45, 2.75) is 39.7 Å². The summed E-state index contributed by atoms with van der Waals surface area (Å²) in [6.45, 7) is 8.85. The van der Waals surface area contributed by atoms with Crippen molar-refractivity contribution in [2.75, 3.05) is 23.9 Å². The lowest BCUT2D eigenvalue weighted by Gasteiger charge is -2.28. The van der Waals surface area contributed by atoms with E-state index in [0.717, 1.165) is 5.56 Å². The minimum absolute atomic E-state index is 0.139. The van der Waals surface area contributed by atoms with Gasteiger partial charge in [0.1, 0.15) is 0 Å². The Labute approximate surface area is 184 Å². The predicted molar refractivity (Wildman–Crippen MR) is 123 cm³/mol. The van der Waals surface area contributed by atoms with Gasteiger partial charge in [0.05, 0.1) is 25.0 Å². The lowest BCUT2D eigenvalue weighted by atomic mass is 10.0. The maximum absolute atomic E-state index is 13.6. The van der Waals surface area contributed by atoms with E-state index in [1.165, 1.54) is 10.3 Å². The van der Waals surface area contributed by atoms with E-state index in [0.29, 0.717) is 41.9 Å². The van der Waals surface area contributed by atoms with Crippen LogP contribution in [-0.2, 0) is 9.84 Å². The number of hydrogen-bond acceptors (Lipinski definition) is 5. The van der Waals surface area contributed by atoms with Crippen molar-refractivity contribution in [2.24, 2.45) is 0 Å². The summed E-state index contributed by atoms with van der Waals surface area (Å²) in [5.74, 6) is 0.967. The number of carbonyl (C=O) groups excluding carboxylic acids is 1. The van der Waals surface area contributed by atoms with Crippen molar-refractivity contribution in [3.05, 3.63) is 65.1 Å². The summed E-state index contributed by atoms with van der Waals surface area (Å²) in [6.07, 6.45) is 1.57. The maximum atomic E-state index is 13.6. The second-order valence-corrected chi connectivity index (χ2v) is 9.61. The summed E-state index contributed by atoms with van der Waals surface area (Å²) >= 11 is 0. The Balaban J connectivity index is 2.02. The molecule has 3 rings (SSSR count). The lowest BCUT2D eigenvalue weighted by Crippen LogP contribution is -2.41. The standard InChI is InChI=1S/C24H29NO5S/c1-5-29-22-12-9-19(15-23(22)30-6-2)24(26)25(21-13-14-31(27,28)16-21)20-10-7-18(8-11-20)17(3)4/h7-15,17,21H,5-6,16H2,1-4H3/t21-/m0/s1. The Kier molecular flexibility index (Phi) is 7.05. The third kappa shape index (κ3) is 5.28. The first kappa shape index (κ1) is 22.9. The zero-order valence-electron chi connectivity index (χ0n) is 18.4. The van der Waals surface area contributed by atoms with Gasteiger partial charge >= 0.3 is 0 Å². The molecule has 2 aromatic rings. The molecule has 2 aromatic carbocycles. The van der Waals surface area contributed by atoms with Crippen LogP contribution >= 0.6 is 0 Å². The topological polar surface area (TPSA) is 72.9 Å². The van der Waals surface area contributed by atoms with Crippen molar-refractivity contribution in [1.82, 2.24) is 0 Å². The molecule has 0 N–H and O–H groups in total. The fraction of sp³-hybridized carbons (Fsp3) is 0.375. The summed E-state index contributed by atoms with van der Waals surface area (Å²) < 4.78 is 35.4. The Bertz CT molecular complexity index is 1060. The highest BCUT2D eigenvalue weighted by Gasteiger charge is 2.32. The van der Waals surface area contributed by atoms with Gasteiger partial charge in [0.2, 0.25) is 0 Å². The number of rotatable bonds is 8. The monoisotopic (exact) mass is 443 g/mol. The van der Waals surface area contributed by atoms with Crippen molar-refractivity contribution >= 4 is 21.4 Å². The van der Waals surface area contributed by atoms with Gasteiger partial charge in [-0.1, -0.05) is 26.0 Å². The van der Waals surface area contributed by atoms with E-state index in [1.807, 2.05) is 38.1 Å². The number of ether oxygens (including phenoxy) is 2. The molecule has 0 aromatic heterocycles. The highest BCUT2D eigenvalue weighted by atomic mass is 32.2. The van der Waals surface area contributed by atoms with E-state index >= 15 is 0 Å². The van der Waals surface area contributed by atoms with Gasteiger partial charge in [-0.3, -0.25) is 4.79 Å². The molecule has 166 valence electrons. The number of carbonyl (C=O) groups is 1. The maximum Gasteiger partial charge on any atom is 0.258 e. The first-order valence-corrected chi connectivity index (χ1v) is 12.2. The summed E-state index contributed by atoms with van der Waals surface area (Å²) in [6, 6.07) is 12.1. The number of hydrogen-bond donors (Lipinski definition) is 0. The van der Waals surface area contributed by atoms with Crippen LogP contribution in [0.15, 0.2) is 53.9 Å². The molecule has 0 saturated heterocycles. The molecule has 7 heteroatoms. The predicted octanol–water partition coefficient (Wildman–Crippen LogP) is 4.56. The van der Waals surface area contributed by atoms with Crippen LogP contribution in [0.2, 0.25) is 0 Å². The van der Waals surface area contributed by atoms with Crippen LogP contribution in [0.5, 0.6) is 11.5 Å². The SMILES string of the molecule is CCOc1ccc(C(=O)N(c2ccc(C(C)C)cc2)[C@H]2C=CS(=O)(=O)C2)cc1OCC. The zero-order chi connectivity index (χ0) is 22.6. The average molecular weight is 444 g/mol. The Morgan fingerprint density at radius 1 is 1.03 bits per heavy atom. The summed E-state index contributed by atoms with van der Waals surface area (Å²) in [4.78, 5) is 15.1. The van der Waals surface area contributed by atoms with Gasteiger partial charge in [-0.2, -0.15) is 0 Å². The second-order valence-electron chi connectivity index (χ2n) is 7.67. The molecule has 1 aliphatic rings.